The molecule has 37 heavy (non-hydrogen) atoms. The summed E-state index contributed by atoms with van der Waals surface area (Å²) in [6.07, 6.45) is 5.95. The third-order valence-electron chi connectivity index (χ3n) is 6.59. The topological polar surface area (TPSA) is 80.6 Å². The van der Waals surface area contributed by atoms with E-state index in [1.807, 2.05) is 53.4 Å². The van der Waals surface area contributed by atoms with Crippen LogP contribution < -0.4 is 10.1 Å². The van der Waals surface area contributed by atoms with Crippen molar-refractivity contribution in [3.05, 3.63) is 90.6 Å². The van der Waals surface area contributed by atoms with Gasteiger partial charge in [-0.2, -0.15) is 0 Å². The van der Waals surface area contributed by atoms with E-state index in [0.29, 0.717) is 22.6 Å². The van der Waals surface area contributed by atoms with Gasteiger partial charge in [-0.25, -0.2) is 0 Å². The second kappa shape index (κ2) is 11.1. The molecule has 2 amide bonds. The number of nitrogens with zero attached hydrogens (tertiary/aromatic N) is 2. The first-order valence-corrected chi connectivity index (χ1v) is 12.6. The number of hydrogen-bond donors (Lipinski definition) is 1. The Labute approximate surface area is 215 Å². The molecule has 7 heteroatoms. The number of nitrogens with one attached hydrogen (secondary N) is 1. The summed E-state index contributed by atoms with van der Waals surface area (Å²) in [6.45, 7) is 1.67. The number of amides is 2. The van der Waals surface area contributed by atoms with Crippen molar-refractivity contribution in [3.8, 4) is 11.5 Å². The van der Waals surface area contributed by atoms with E-state index in [1.165, 1.54) is 0 Å². The SMILES string of the molecule is O=C(Nc1ccc(Oc2ccccc2)cc1)C(=O)c1cn(CC(=O)N2CCCCCC2)c2ccccc12. The van der Waals surface area contributed by atoms with Crippen molar-refractivity contribution in [1.29, 1.82) is 0 Å². The largest absolute Gasteiger partial charge is 0.457 e. The fraction of sp³-hybridized carbons (Fsp3) is 0.233. The molecule has 188 valence electrons. The number of likely N-dealkylation sites (tertiary alicyclic amines) is 1. The Hall–Kier alpha value is -4.39. The van der Waals surface area contributed by atoms with Gasteiger partial charge in [0.25, 0.3) is 11.7 Å². The molecule has 1 saturated heterocycles. The highest BCUT2D eigenvalue weighted by molar-refractivity contribution is 6.48. The first kappa shape index (κ1) is 24.3. The molecule has 1 fully saturated rings. The maximum Gasteiger partial charge on any atom is 0.296 e. The van der Waals surface area contributed by atoms with Gasteiger partial charge in [0.1, 0.15) is 18.0 Å². The highest BCUT2D eigenvalue weighted by Crippen LogP contribution is 2.25. The smallest absolute Gasteiger partial charge is 0.296 e. The van der Waals surface area contributed by atoms with E-state index in [9.17, 15) is 14.4 Å². The Morgan fingerprint density at radius 2 is 1.41 bits per heavy atom. The number of benzene rings is 3. The van der Waals surface area contributed by atoms with Crippen LogP contribution in [0.5, 0.6) is 11.5 Å². The molecule has 0 bridgehead atoms. The van der Waals surface area contributed by atoms with Gasteiger partial charge in [0.05, 0.1) is 5.56 Å². The molecule has 0 unspecified atom stereocenters. The van der Waals surface area contributed by atoms with Crippen LogP contribution in [-0.4, -0.2) is 40.2 Å². The Morgan fingerprint density at radius 1 is 0.757 bits per heavy atom. The van der Waals surface area contributed by atoms with Crippen LogP contribution in [0.15, 0.2) is 85.1 Å². The summed E-state index contributed by atoms with van der Waals surface area (Å²) < 4.78 is 7.55. The average Bonchev–Trinajstić information content (AvgIpc) is 3.08. The van der Waals surface area contributed by atoms with Gasteiger partial charge in [-0.05, 0) is 55.3 Å². The summed E-state index contributed by atoms with van der Waals surface area (Å²) in [5.74, 6) is -0.0305. The lowest BCUT2D eigenvalue weighted by Gasteiger charge is -2.20. The van der Waals surface area contributed by atoms with Crippen molar-refractivity contribution in [2.75, 3.05) is 18.4 Å². The van der Waals surface area contributed by atoms with Crippen LogP contribution in [0.1, 0.15) is 36.0 Å². The second-order valence-electron chi connectivity index (χ2n) is 9.21. The Morgan fingerprint density at radius 3 is 2.14 bits per heavy atom. The summed E-state index contributed by atoms with van der Waals surface area (Å²) in [4.78, 5) is 40.9. The van der Waals surface area contributed by atoms with Crippen molar-refractivity contribution in [2.24, 2.45) is 0 Å². The van der Waals surface area contributed by atoms with Crippen molar-refractivity contribution < 1.29 is 19.1 Å². The molecule has 4 aromatic rings. The third kappa shape index (κ3) is 5.72. The number of hydrogen-bond acceptors (Lipinski definition) is 4. The summed E-state index contributed by atoms with van der Waals surface area (Å²) in [6, 6.07) is 23.6. The van der Waals surface area contributed by atoms with Gasteiger partial charge in [0, 0.05) is 35.9 Å². The molecule has 2 heterocycles. The maximum atomic E-state index is 13.2. The van der Waals surface area contributed by atoms with E-state index in [4.69, 9.17) is 4.74 Å². The van der Waals surface area contributed by atoms with Gasteiger partial charge < -0.3 is 19.5 Å². The Kier molecular flexibility index (Phi) is 7.31. The van der Waals surface area contributed by atoms with Gasteiger partial charge in [-0.1, -0.05) is 49.2 Å². The van der Waals surface area contributed by atoms with Crippen molar-refractivity contribution in [2.45, 2.75) is 32.2 Å². The number of aromatic nitrogens is 1. The van der Waals surface area contributed by atoms with E-state index in [1.54, 1.807) is 41.1 Å². The third-order valence-corrected chi connectivity index (χ3v) is 6.59. The molecule has 5 rings (SSSR count). The Balaban J connectivity index is 1.29. The zero-order valence-corrected chi connectivity index (χ0v) is 20.6. The number of ether oxygens (including phenoxy) is 1. The first-order valence-electron chi connectivity index (χ1n) is 12.6. The Bertz CT molecular complexity index is 1400. The van der Waals surface area contributed by atoms with Crippen LogP contribution >= 0.6 is 0 Å². The first-order chi connectivity index (χ1) is 18.1. The predicted octanol–water partition coefficient (Wildman–Crippen LogP) is 5.66. The summed E-state index contributed by atoms with van der Waals surface area (Å²) in [7, 11) is 0. The molecule has 0 saturated carbocycles. The molecule has 0 atom stereocenters. The second-order valence-corrected chi connectivity index (χ2v) is 9.21. The standard InChI is InChI=1S/C30H29N3O4/c34-28(32-18-8-1-2-9-19-32)21-33-20-26(25-12-6-7-13-27(25)33)29(35)30(36)31-22-14-16-24(17-15-22)37-23-10-4-3-5-11-23/h3-7,10-17,20H,1-2,8-9,18-19,21H2,(H,31,36). The fourth-order valence-corrected chi connectivity index (χ4v) is 4.67. The zero-order chi connectivity index (χ0) is 25.6. The van der Waals surface area contributed by atoms with E-state index < -0.39 is 11.7 Å². The zero-order valence-electron chi connectivity index (χ0n) is 20.6. The molecule has 1 aliphatic rings. The van der Waals surface area contributed by atoms with Crippen LogP contribution in [0.3, 0.4) is 0 Å². The quantitative estimate of drug-likeness (QED) is 0.265. The molecule has 3 aromatic carbocycles. The summed E-state index contributed by atoms with van der Waals surface area (Å²) in [5.41, 5.74) is 1.52. The predicted molar refractivity (Wildman–Crippen MR) is 143 cm³/mol. The molecule has 7 nitrogen and oxygen atoms in total. The monoisotopic (exact) mass is 495 g/mol. The van der Waals surface area contributed by atoms with Gasteiger partial charge in [0.2, 0.25) is 5.91 Å². The average molecular weight is 496 g/mol. The number of Topliss-reactive ketones (excluding diaryl/α,β-unsaturated/α-hetero) is 1. The van der Waals surface area contributed by atoms with E-state index in [-0.39, 0.29) is 18.0 Å². The number of carbonyl (C=O) groups excluding carboxylic acids is 3. The van der Waals surface area contributed by atoms with Crippen molar-refractivity contribution in [1.82, 2.24) is 9.47 Å². The van der Waals surface area contributed by atoms with E-state index in [2.05, 4.69) is 5.32 Å². The minimum Gasteiger partial charge on any atom is -0.457 e. The normalized spacial score (nSPS) is 13.7. The van der Waals surface area contributed by atoms with Gasteiger partial charge in [-0.15, -0.1) is 0 Å². The minimum atomic E-state index is -0.738. The van der Waals surface area contributed by atoms with Gasteiger partial charge >= 0.3 is 0 Å². The van der Waals surface area contributed by atoms with Crippen LogP contribution in [-0.2, 0) is 16.1 Å². The van der Waals surface area contributed by atoms with Crippen LogP contribution in [0, 0.1) is 0 Å². The lowest BCUT2D eigenvalue weighted by molar-refractivity contribution is -0.131. The molecule has 0 radical (unpaired) electrons. The maximum absolute atomic E-state index is 13.2. The molecule has 1 aliphatic heterocycles. The summed E-state index contributed by atoms with van der Waals surface area (Å²) in [5, 5.41) is 3.33. The number of anilines is 1. The lowest BCUT2D eigenvalue weighted by atomic mass is 10.1. The van der Waals surface area contributed by atoms with Crippen LogP contribution in [0.4, 0.5) is 5.69 Å². The fourth-order valence-electron chi connectivity index (χ4n) is 4.67. The van der Waals surface area contributed by atoms with E-state index >= 15 is 0 Å². The number of fused-ring (bicyclic) bond motifs is 1. The number of carbonyl (C=O) groups is 3. The highest BCUT2D eigenvalue weighted by Gasteiger charge is 2.23. The van der Waals surface area contributed by atoms with Crippen molar-refractivity contribution in [3.63, 3.8) is 0 Å². The number of para-hydroxylation sites is 2. The van der Waals surface area contributed by atoms with Crippen LogP contribution in [0.2, 0.25) is 0 Å². The molecular weight excluding hydrogens is 466 g/mol. The molecule has 0 aliphatic carbocycles. The number of rotatable bonds is 7. The van der Waals surface area contributed by atoms with Gasteiger partial charge in [0.15, 0.2) is 0 Å². The lowest BCUT2D eigenvalue weighted by Crippen LogP contribution is -2.34. The van der Waals surface area contributed by atoms with E-state index in [0.717, 1.165) is 44.3 Å². The molecule has 1 aromatic heterocycles. The molecule has 1 N–H and O–H groups in total. The number of ketones is 1. The summed E-state index contributed by atoms with van der Waals surface area (Å²) >= 11 is 0. The van der Waals surface area contributed by atoms with Crippen molar-refractivity contribution >= 4 is 34.2 Å². The van der Waals surface area contributed by atoms with Crippen LogP contribution in [0.25, 0.3) is 10.9 Å². The minimum absolute atomic E-state index is 0.0314. The van der Waals surface area contributed by atoms with Gasteiger partial charge in [-0.3, -0.25) is 14.4 Å². The molecular formula is C30H29N3O4. The highest BCUT2D eigenvalue weighted by atomic mass is 16.5. The molecule has 0 spiro atoms.